The van der Waals surface area contributed by atoms with Gasteiger partial charge in [-0.05, 0) is 31.0 Å². The highest BCUT2D eigenvalue weighted by molar-refractivity contribution is 5.81. The first-order valence-electron chi connectivity index (χ1n) is 8.56. The van der Waals surface area contributed by atoms with Gasteiger partial charge in [-0.1, -0.05) is 12.1 Å². The topological polar surface area (TPSA) is 80.3 Å². The molecule has 2 heterocycles. The van der Waals surface area contributed by atoms with Crippen molar-refractivity contribution in [3.63, 3.8) is 0 Å². The van der Waals surface area contributed by atoms with Crippen LogP contribution < -0.4 is 15.4 Å². The molecule has 27 heavy (non-hydrogen) atoms. The lowest BCUT2D eigenvalue weighted by Crippen LogP contribution is -2.33. The molecule has 6 nitrogen and oxygen atoms in total. The molecule has 1 fully saturated rings. The molecule has 1 saturated heterocycles. The van der Waals surface area contributed by atoms with Crippen LogP contribution in [0, 0.1) is 18.6 Å². The van der Waals surface area contributed by atoms with Gasteiger partial charge >= 0.3 is 0 Å². The lowest BCUT2D eigenvalue weighted by atomic mass is 10.1. The number of nitrogens with one attached hydrogen (secondary N) is 2. The largest absolute Gasteiger partial charge is 0.435 e. The Morgan fingerprint density at radius 3 is 2.89 bits per heavy atom. The standard InChI is InChI=1S/C19H19F2N3O3/c1-11-4-6-14(18(21)17(11)20)27-19-12(3-2-8-22-19)10-23-16(26)9-13-5-7-15(25)24-13/h2-4,6,8,13H,5,7,9-10H2,1H3,(H,23,26)(H,24,25). The van der Waals surface area contributed by atoms with Crippen LogP contribution in [0.2, 0.25) is 0 Å². The summed E-state index contributed by atoms with van der Waals surface area (Å²) in [7, 11) is 0. The van der Waals surface area contributed by atoms with Crippen molar-refractivity contribution in [3.8, 4) is 11.6 Å². The average Bonchev–Trinajstić information content (AvgIpc) is 3.06. The molecule has 1 aliphatic heterocycles. The minimum Gasteiger partial charge on any atom is -0.435 e. The summed E-state index contributed by atoms with van der Waals surface area (Å²) in [4.78, 5) is 27.3. The molecule has 1 aromatic heterocycles. The summed E-state index contributed by atoms with van der Waals surface area (Å²) in [6, 6.07) is 5.90. The number of hydrogen-bond acceptors (Lipinski definition) is 4. The van der Waals surface area contributed by atoms with E-state index in [0.717, 1.165) is 0 Å². The summed E-state index contributed by atoms with van der Waals surface area (Å²) in [5.74, 6) is -2.55. The van der Waals surface area contributed by atoms with Crippen molar-refractivity contribution >= 4 is 11.8 Å². The zero-order chi connectivity index (χ0) is 19.4. The third-order valence-corrected chi connectivity index (χ3v) is 4.29. The molecule has 2 amide bonds. The van der Waals surface area contributed by atoms with Crippen molar-refractivity contribution in [2.24, 2.45) is 0 Å². The molecule has 1 aromatic carbocycles. The van der Waals surface area contributed by atoms with Crippen molar-refractivity contribution < 1.29 is 23.1 Å². The number of halogens is 2. The fourth-order valence-corrected chi connectivity index (χ4v) is 2.78. The van der Waals surface area contributed by atoms with Crippen molar-refractivity contribution in [2.45, 2.75) is 38.8 Å². The maximum atomic E-state index is 14.0. The van der Waals surface area contributed by atoms with Crippen LogP contribution in [-0.4, -0.2) is 22.8 Å². The third kappa shape index (κ3) is 4.58. The maximum absolute atomic E-state index is 14.0. The summed E-state index contributed by atoms with van der Waals surface area (Å²) in [5, 5.41) is 5.45. The quantitative estimate of drug-likeness (QED) is 0.814. The molecule has 1 atom stereocenters. The molecular formula is C19H19F2N3O3. The molecular weight excluding hydrogens is 356 g/mol. The van der Waals surface area contributed by atoms with Gasteiger partial charge in [0.2, 0.25) is 23.5 Å². The Labute approximate surface area is 154 Å². The summed E-state index contributed by atoms with van der Waals surface area (Å²) in [6.07, 6.45) is 2.69. The van der Waals surface area contributed by atoms with E-state index in [1.807, 2.05) is 0 Å². The summed E-state index contributed by atoms with van der Waals surface area (Å²) in [6.45, 7) is 1.56. The second kappa shape index (κ2) is 8.11. The maximum Gasteiger partial charge on any atom is 0.224 e. The molecule has 0 bridgehead atoms. The molecule has 1 unspecified atom stereocenters. The highest BCUT2D eigenvalue weighted by Gasteiger charge is 2.23. The number of rotatable bonds is 6. The lowest BCUT2D eigenvalue weighted by Gasteiger charge is -2.13. The van der Waals surface area contributed by atoms with Crippen molar-refractivity contribution in [1.82, 2.24) is 15.6 Å². The van der Waals surface area contributed by atoms with Crippen molar-refractivity contribution in [3.05, 3.63) is 53.2 Å². The Morgan fingerprint density at radius 2 is 2.15 bits per heavy atom. The van der Waals surface area contributed by atoms with Gasteiger partial charge in [0.05, 0.1) is 0 Å². The van der Waals surface area contributed by atoms with Crippen LogP contribution in [0.3, 0.4) is 0 Å². The minimum absolute atomic E-state index is 0.0527. The number of hydrogen-bond donors (Lipinski definition) is 2. The van der Waals surface area contributed by atoms with E-state index in [1.54, 1.807) is 12.1 Å². The van der Waals surface area contributed by atoms with Gasteiger partial charge in [0.15, 0.2) is 11.6 Å². The van der Waals surface area contributed by atoms with Crippen LogP contribution in [0.15, 0.2) is 30.5 Å². The first kappa shape index (κ1) is 18.8. The van der Waals surface area contributed by atoms with Gasteiger partial charge in [0.25, 0.3) is 0 Å². The van der Waals surface area contributed by atoms with E-state index in [4.69, 9.17) is 4.74 Å². The molecule has 0 radical (unpaired) electrons. The third-order valence-electron chi connectivity index (χ3n) is 4.29. The van der Waals surface area contributed by atoms with Crippen molar-refractivity contribution in [2.75, 3.05) is 0 Å². The van der Waals surface area contributed by atoms with E-state index in [1.165, 1.54) is 25.3 Å². The van der Waals surface area contributed by atoms with Gasteiger partial charge in [-0.15, -0.1) is 0 Å². The number of carbonyl (C=O) groups is 2. The SMILES string of the molecule is Cc1ccc(Oc2ncccc2CNC(=O)CC2CCC(=O)N2)c(F)c1F. The van der Waals surface area contributed by atoms with E-state index in [0.29, 0.717) is 18.4 Å². The van der Waals surface area contributed by atoms with E-state index in [9.17, 15) is 18.4 Å². The highest BCUT2D eigenvalue weighted by atomic mass is 19.2. The van der Waals surface area contributed by atoms with Gasteiger partial charge in [-0.25, -0.2) is 9.37 Å². The van der Waals surface area contributed by atoms with E-state index < -0.39 is 11.6 Å². The normalized spacial score (nSPS) is 16.1. The van der Waals surface area contributed by atoms with E-state index in [2.05, 4.69) is 15.6 Å². The van der Waals surface area contributed by atoms with Gasteiger partial charge in [0, 0.05) is 37.2 Å². The summed E-state index contributed by atoms with van der Waals surface area (Å²) >= 11 is 0. The number of aromatic nitrogens is 1. The lowest BCUT2D eigenvalue weighted by molar-refractivity contribution is -0.121. The van der Waals surface area contributed by atoms with E-state index in [-0.39, 0.29) is 48.0 Å². The van der Waals surface area contributed by atoms with Crippen LogP contribution in [0.1, 0.15) is 30.4 Å². The predicted molar refractivity (Wildman–Crippen MR) is 93.0 cm³/mol. The fraction of sp³-hybridized carbons (Fsp3) is 0.316. The first-order valence-corrected chi connectivity index (χ1v) is 8.56. The summed E-state index contributed by atoms with van der Waals surface area (Å²) < 4.78 is 33.1. The van der Waals surface area contributed by atoms with E-state index >= 15 is 0 Å². The Kier molecular flexibility index (Phi) is 5.63. The molecule has 2 aromatic rings. The number of ether oxygens (including phenoxy) is 1. The second-order valence-electron chi connectivity index (χ2n) is 6.36. The number of nitrogens with zero attached hydrogens (tertiary/aromatic N) is 1. The Balaban J connectivity index is 1.65. The smallest absolute Gasteiger partial charge is 0.224 e. The highest BCUT2D eigenvalue weighted by Crippen LogP contribution is 2.28. The van der Waals surface area contributed by atoms with Crippen molar-refractivity contribution in [1.29, 1.82) is 0 Å². The van der Waals surface area contributed by atoms with Crippen LogP contribution in [-0.2, 0) is 16.1 Å². The van der Waals surface area contributed by atoms with Gasteiger partial charge in [-0.3, -0.25) is 9.59 Å². The fourth-order valence-electron chi connectivity index (χ4n) is 2.78. The summed E-state index contributed by atoms with van der Waals surface area (Å²) in [5.41, 5.74) is 0.689. The molecule has 3 rings (SSSR count). The van der Waals surface area contributed by atoms with Gasteiger partial charge in [0.1, 0.15) is 0 Å². The molecule has 0 saturated carbocycles. The van der Waals surface area contributed by atoms with Crippen LogP contribution >= 0.6 is 0 Å². The molecule has 142 valence electrons. The monoisotopic (exact) mass is 375 g/mol. The Bertz CT molecular complexity index is 873. The first-order chi connectivity index (χ1) is 12.9. The number of pyridine rings is 1. The average molecular weight is 375 g/mol. The Morgan fingerprint density at radius 1 is 1.33 bits per heavy atom. The minimum atomic E-state index is -1.09. The number of amides is 2. The zero-order valence-electron chi connectivity index (χ0n) is 14.7. The van der Waals surface area contributed by atoms with Crippen LogP contribution in [0.4, 0.5) is 8.78 Å². The van der Waals surface area contributed by atoms with Gasteiger partial charge < -0.3 is 15.4 Å². The molecule has 0 spiro atoms. The molecule has 8 heteroatoms. The Hall–Kier alpha value is -3.03. The van der Waals surface area contributed by atoms with Crippen LogP contribution in [0.5, 0.6) is 11.6 Å². The zero-order valence-corrected chi connectivity index (χ0v) is 14.7. The number of aryl methyl sites for hydroxylation is 1. The molecule has 2 N–H and O–H groups in total. The van der Waals surface area contributed by atoms with Crippen LogP contribution in [0.25, 0.3) is 0 Å². The van der Waals surface area contributed by atoms with Gasteiger partial charge in [-0.2, -0.15) is 4.39 Å². The second-order valence-corrected chi connectivity index (χ2v) is 6.36. The molecule has 0 aliphatic carbocycles. The molecule has 1 aliphatic rings. The number of benzene rings is 1. The number of carbonyl (C=O) groups excluding carboxylic acids is 2. The predicted octanol–water partition coefficient (Wildman–Crippen LogP) is 2.75.